The van der Waals surface area contributed by atoms with Crippen LogP contribution >= 0.6 is 0 Å². The van der Waals surface area contributed by atoms with Gasteiger partial charge in [-0.1, -0.05) is 31.9 Å². The number of carbonyl (C=O) groups is 2. The quantitative estimate of drug-likeness (QED) is 0.163. The highest BCUT2D eigenvalue weighted by Crippen LogP contribution is 2.12. The Bertz CT molecular complexity index is 614. The third-order valence-corrected chi connectivity index (χ3v) is 3.78. The number of nitrogens with one attached hydrogen (secondary N) is 3. The van der Waals surface area contributed by atoms with Gasteiger partial charge in [0.2, 0.25) is 11.8 Å². The van der Waals surface area contributed by atoms with Gasteiger partial charge in [0, 0.05) is 6.54 Å². The Labute approximate surface area is 159 Å². The molecule has 8 N–H and O–H groups in total. The fourth-order valence-corrected chi connectivity index (χ4v) is 2.28. The Morgan fingerprint density at radius 1 is 1.15 bits per heavy atom. The number of guanidine groups is 1. The summed E-state index contributed by atoms with van der Waals surface area (Å²) in [4.78, 5) is 27.8. The van der Waals surface area contributed by atoms with Crippen LogP contribution in [0.25, 0.3) is 0 Å². The largest absolute Gasteiger partial charge is 0.394 e. The zero-order valence-electron chi connectivity index (χ0n) is 15.7. The Hall–Kier alpha value is -2.65. The Kier molecular flexibility index (Phi) is 10.5. The SMILES string of the molecule is CCCCCNC(CO)C(=O)NCC(=O)NCc1ccc(N=C(N)N)cc1. The van der Waals surface area contributed by atoms with E-state index in [-0.39, 0.29) is 25.0 Å². The normalized spacial score (nSPS) is 11.5. The molecule has 0 fully saturated rings. The number of hydrogen-bond donors (Lipinski definition) is 6. The maximum Gasteiger partial charge on any atom is 0.239 e. The molecule has 150 valence electrons. The zero-order chi connectivity index (χ0) is 20.1. The number of hydrogen-bond acceptors (Lipinski definition) is 5. The van der Waals surface area contributed by atoms with E-state index in [1.807, 2.05) is 0 Å². The maximum atomic E-state index is 12.0. The van der Waals surface area contributed by atoms with E-state index in [1.165, 1.54) is 0 Å². The number of benzene rings is 1. The molecular formula is C18H30N6O3. The second-order valence-electron chi connectivity index (χ2n) is 6.09. The first kappa shape index (κ1) is 22.4. The number of aliphatic hydroxyl groups is 1. The number of unbranched alkanes of at least 4 members (excludes halogenated alkanes) is 2. The van der Waals surface area contributed by atoms with Gasteiger partial charge in [-0.3, -0.25) is 9.59 Å². The van der Waals surface area contributed by atoms with E-state index >= 15 is 0 Å². The Morgan fingerprint density at radius 2 is 1.85 bits per heavy atom. The number of rotatable bonds is 12. The third kappa shape index (κ3) is 9.57. The van der Waals surface area contributed by atoms with Crippen molar-refractivity contribution in [2.24, 2.45) is 16.5 Å². The van der Waals surface area contributed by atoms with Crippen LogP contribution in [0.2, 0.25) is 0 Å². The van der Waals surface area contributed by atoms with Crippen molar-refractivity contribution in [1.29, 1.82) is 0 Å². The van der Waals surface area contributed by atoms with Gasteiger partial charge in [-0.15, -0.1) is 0 Å². The van der Waals surface area contributed by atoms with Crippen molar-refractivity contribution in [3.8, 4) is 0 Å². The number of aliphatic imine (C=N–C) groups is 1. The van der Waals surface area contributed by atoms with Crippen molar-refractivity contribution in [2.45, 2.75) is 38.8 Å². The molecule has 1 unspecified atom stereocenters. The molecule has 0 radical (unpaired) electrons. The van der Waals surface area contributed by atoms with Crippen LogP contribution in [0.3, 0.4) is 0 Å². The fraction of sp³-hybridized carbons (Fsp3) is 0.500. The van der Waals surface area contributed by atoms with E-state index in [0.717, 1.165) is 24.8 Å². The molecule has 0 spiro atoms. The van der Waals surface area contributed by atoms with Crippen molar-refractivity contribution in [2.75, 3.05) is 19.7 Å². The number of nitrogens with zero attached hydrogens (tertiary/aromatic N) is 1. The molecule has 1 atom stereocenters. The topological polar surface area (TPSA) is 155 Å². The summed E-state index contributed by atoms with van der Waals surface area (Å²) in [7, 11) is 0. The van der Waals surface area contributed by atoms with Crippen molar-refractivity contribution < 1.29 is 14.7 Å². The fourth-order valence-electron chi connectivity index (χ4n) is 2.28. The van der Waals surface area contributed by atoms with E-state index in [2.05, 4.69) is 27.9 Å². The number of carbonyl (C=O) groups excluding carboxylic acids is 2. The van der Waals surface area contributed by atoms with Crippen LogP contribution < -0.4 is 27.4 Å². The maximum absolute atomic E-state index is 12.0. The van der Waals surface area contributed by atoms with Gasteiger partial charge in [-0.25, -0.2) is 4.99 Å². The monoisotopic (exact) mass is 378 g/mol. The molecule has 0 aromatic heterocycles. The van der Waals surface area contributed by atoms with Crippen molar-refractivity contribution >= 4 is 23.5 Å². The van der Waals surface area contributed by atoms with Crippen LogP contribution in [0.15, 0.2) is 29.3 Å². The van der Waals surface area contributed by atoms with Crippen LogP contribution in [0, 0.1) is 0 Å². The number of nitrogens with two attached hydrogens (primary N) is 2. The lowest BCUT2D eigenvalue weighted by molar-refractivity contribution is -0.128. The van der Waals surface area contributed by atoms with Gasteiger partial charge in [-0.05, 0) is 30.7 Å². The van der Waals surface area contributed by atoms with Gasteiger partial charge in [-0.2, -0.15) is 0 Å². The first-order valence-corrected chi connectivity index (χ1v) is 9.03. The van der Waals surface area contributed by atoms with E-state index in [9.17, 15) is 14.7 Å². The van der Waals surface area contributed by atoms with Crippen LogP contribution in [-0.4, -0.2) is 48.6 Å². The van der Waals surface area contributed by atoms with Crippen LogP contribution in [-0.2, 0) is 16.1 Å². The third-order valence-electron chi connectivity index (χ3n) is 3.78. The highest BCUT2D eigenvalue weighted by Gasteiger charge is 2.17. The molecule has 1 rings (SSSR count). The average Bonchev–Trinajstić information content (AvgIpc) is 2.65. The summed E-state index contributed by atoms with van der Waals surface area (Å²) in [5, 5.41) is 17.5. The van der Waals surface area contributed by atoms with Gasteiger partial charge in [0.05, 0.1) is 18.8 Å². The second kappa shape index (κ2) is 12.7. The van der Waals surface area contributed by atoms with Crippen molar-refractivity contribution in [3.05, 3.63) is 29.8 Å². The van der Waals surface area contributed by atoms with Gasteiger partial charge in [0.15, 0.2) is 5.96 Å². The molecule has 0 heterocycles. The second-order valence-corrected chi connectivity index (χ2v) is 6.09. The lowest BCUT2D eigenvalue weighted by Crippen LogP contribution is -2.49. The first-order chi connectivity index (χ1) is 13.0. The van der Waals surface area contributed by atoms with Crippen LogP contribution in [0.5, 0.6) is 0 Å². The van der Waals surface area contributed by atoms with E-state index in [1.54, 1.807) is 24.3 Å². The molecule has 0 bridgehead atoms. The predicted octanol–water partition coefficient (Wildman–Crippen LogP) is -0.535. The summed E-state index contributed by atoms with van der Waals surface area (Å²) < 4.78 is 0. The van der Waals surface area contributed by atoms with E-state index < -0.39 is 11.9 Å². The Morgan fingerprint density at radius 3 is 2.44 bits per heavy atom. The molecule has 9 heteroatoms. The molecule has 27 heavy (non-hydrogen) atoms. The van der Waals surface area contributed by atoms with Gasteiger partial charge < -0.3 is 32.5 Å². The first-order valence-electron chi connectivity index (χ1n) is 9.03. The van der Waals surface area contributed by atoms with Crippen molar-refractivity contribution in [1.82, 2.24) is 16.0 Å². The average molecular weight is 378 g/mol. The highest BCUT2D eigenvalue weighted by atomic mass is 16.3. The van der Waals surface area contributed by atoms with Gasteiger partial charge >= 0.3 is 0 Å². The minimum absolute atomic E-state index is 0.0205. The minimum Gasteiger partial charge on any atom is -0.394 e. The lowest BCUT2D eigenvalue weighted by Gasteiger charge is -2.16. The molecule has 0 aliphatic heterocycles. The molecular weight excluding hydrogens is 348 g/mol. The molecule has 1 aromatic carbocycles. The molecule has 9 nitrogen and oxygen atoms in total. The molecule has 2 amide bonds. The van der Waals surface area contributed by atoms with Crippen molar-refractivity contribution in [3.63, 3.8) is 0 Å². The van der Waals surface area contributed by atoms with E-state index in [0.29, 0.717) is 18.8 Å². The summed E-state index contributed by atoms with van der Waals surface area (Å²) in [6, 6.07) is 6.35. The summed E-state index contributed by atoms with van der Waals surface area (Å²) in [6.07, 6.45) is 3.07. The standard InChI is InChI=1S/C18H30N6O3/c1-2-3-4-9-21-15(12-25)17(27)23-11-16(26)22-10-13-5-7-14(8-6-13)24-18(19)20/h5-8,15,21,25H,2-4,9-12H2,1H3,(H,22,26)(H,23,27)(H4,19,20,24). The van der Waals surface area contributed by atoms with E-state index in [4.69, 9.17) is 11.5 Å². The number of aliphatic hydroxyl groups excluding tert-OH is 1. The van der Waals surface area contributed by atoms with Crippen LogP contribution in [0.4, 0.5) is 5.69 Å². The summed E-state index contributed by atoms with van der Waals surface area (Å²) in [6.45, 7) is 2.58. The summed E-state index contributed by atoms with van der Waals surface area (Å²) in [5.41, 5.74) is 12.1. The Balaban J connectivity index is 2.33. The predicted molar refractivity (Wildman–Crippen MR) is 105 cm³/mol. The summed E-state index contributed by atoms with van der Waals surface area (Å²) in [5.74, 6) is -0.738. The van der Waals surface area contributed by atoms with Gasteiger partial charge in [0.1, 0.15) is 6.04 Å². The minimum atomic E-state index is -0.710. The molecule has 0 saturated heterocycles. The molecule has 0 aliphatic rings. The van der Waals surface area contributed by atoms with Crippen LogP contribution in [0.1, 0.15) is 31.7 Å². The molecule has 0 aliphatic carbocycles. The lowest BCUT2D eigenvalue weighted by atomic mass is 10.2. The smallest absolute Gasteiger partial charge is 0.239 e. The molecule has 1 aromatic rings. The zero-order valence-corrected chi connectivity index (χ0v) is 15.7. The summed E-state index contributed by atoms with van der Waals surface area (Å²) >= 11 is 0. The number of amides is 2. The highest BCUT2D eigenvalue weighted by molar-refractivity contribution is 5.87. The molecule has 0 saturated carbocycles. The van der Waals surface area contributed by atoms with Gasteiger partial charge in [0.25, 0.3) is 0 Å².